The molecular weight excluding hydrogens is 143 g/mol. The fraction of sp³-hybridized carbons (Fsp3) is 0.222. The molecule has 0 aromatic rings. The number of carbonyl (C=O) groups is 1. The van der Waals surface area contributed by atoms with Gasteiger partial charge in [-0.2, -0.15) is 0 Å². The van der Waals surface area contributed by atoms with Gasteiger partial charge < -0.3 is 0 Å². The lowest BCUT2D eigenvalue weighted by molar-refractivity contribution is -0.104. The highest BCUT2D eigenvalue weighted by Gasteiger charge is 1.86. The first kappa shape index (κ1) is 9.82. The molecule has 0 aromatic carbocycles. The average molecular weight is 154 g/mol. The fourth-order valence-electron chi connectivity index (χ4n) is 0.480. The van der Waals surface area contributed by atoms with E-state index in [-0.39, 0.29) is 12.2 Å². The lowest BCUT2D eigenvalue weighted by atomic mass is 10.2. The van der Waals surface area contributed by atoms with E-state index in [2.05, 4.69) is 6.58 Å². The van der Waals surface area contributed by atoms with Gasteiger partial charge in [0, 0.05) is 12.0 Å². The minimum Gasteiger partial charge on any atom is -0.298 e. The maximum Gasteiger partial charge on any atom is 0.149 e. The Labute approximate surface area is 65.9 Å². The van der Waals surface area contributed by atoms with E-state index >= 15 is 0 Å². The summed E-state index contributed by atoms with van der Waals surface area (Å²) in [6.07, 6.45) is 5.30. The summed E-state index contributed by atoms with van der Waals surface area (Å²) < 4.78 is 12.4. The zero-order chi connectivity index (χ0) is 8.69. The number of aldehydes is 1. The Hall–Kier alpha value is -1.18. The molecule has 0 aliphatic heterocycles. The topological polar surface area (TPSA) is 17.1 Å². The molecule has 0 saturated heterocycles. The normalized spacial score (nSPS) is 12.0. The van der Waals surface area contributed by atoms with Gasteiger partial charge in [0.05, 0.1) is 5.83 Å². The van der Waals surface area contributed by atoms with Crippen LogP contribution >= 0.6 is 0 Å². The van der Waals surface area contributed by atoms with Crippen molar-refractivity contribution in [2.45, 2.75) is 13.3 Å². The van der Waals surface area contributed by atoms with Crippen LogP contribution in [0.5, 0.6) is 0 Å². The van der Waals surface area contributed by atoms with Crippen molar-refractivity contribution < 1.29 is 9.18 Å². The molecule has 0 amide bonds. The maximum atomic E-state index is 12.4. The van der Waals surface area contributed by atoms with Crippen molar-refractivity contribution in [2.24, 2.45) is 0 Å². The summed E-state index contributed by atoms with van der Waals surface area (Å²) in [7, 11) is 0. The van der Waals surface area contributed by atoms with Gasteiger partial charge in [-0.3, -0.25) is 4.79 Å². The van der Waals surface area contributed by atoms with E-state index < -0.39 is 0 Å². The van der Waals surface area contributed by atoms with Gasteiger partial charge in [0.25, 0.3) is 0 Å². The van der Waals surface area contributed by atoms with E-state index in [0.29, 0.717) is 11.9 Å². The lowest BCUT2D eigenvalue weighted by Gasteiger charge is -1.87. The highest BCUT2D eigenvalue weighted by Crippen LogP contribution is 2.03. The smallest absolute Gasteiger partial charge is 0.149 e. The summed E-state index contributed by atoms with van der Waals surface area (Å²) in [6.45, 7) is 5.02. The summed E-state index contributed by atoms with van der Waals surface area (Å²) in [5.41, 5.74) is 0.355. The van der Waals surface area contributed by atoms with Crippen LogP contribution in [-0.2, 0) is 4.79 Å². The Kier molecular flexibility index (Phi) is 4.99. The Bertz CT molecular complexity index is 202. The minimum absolute atomic E-state index is 0.208. The molecule has 0 heterocycles. The van der Waals surface area contributed by atoms with Gasteiger partial charge in [-0.1, -0.05) is 24.8 Å². The predicted octanol–water partition coefficient (Wildman–Crippen LogP) is 2.56. The van der Waals surface area contributed by atoms with Gasteiger partial charge in [0.1, 0.15) is 6.29 Å². The molecule has 0 bridgehead atoms. The van der Waals surface area contributed by atoms with Crippen LogP contribution in [-0.4, -0.2) is 6.29 Å². The molecule has 60 valence electrons. The molecule has 11 heavy (non-hydrogen) atoms. The van der Waals surface area contributed by atoms with Crippen LogP contribution in [0.1, 0.15) is 13.3 Å². The van der Waals surface area contributed by atoms with E-state index in [1.54, 1.807) is 13.0 Å². The highest BCUT2D eigenvalue weighted by atomic mass is 19.1. The molecule has 0 atom stereocenters. The zero-order valence-corrected chi connectivity index (χ0v) is 6.51. The molecule has 1 nitrogen and oxygen atoms in total. The molecule has 0 N–H and O–H groups in total. The third kappa shape index (κ3) is 5.27. The van der Waals surface area contributed by atoms with Gasteiger partial charge in [-0.15, -0.1) is 0 Å². The maximum absolute atomic E-state index is 12.4. The van der Waals surface area contributed by atoms with Crippen molar-refractivity contribution in [3.63, 3.8) is 0 Å². The molecule has 0 spiro atoms. The van der Waals surface area contributed by atoms with E-state index in [0.717, 1.165) is 0 Å². The Morgan fingerprint density at radius 2 is 2.27 bits per heavy atom. The van der Waals surface area contributed by atoms with Crippen molar-refractivity contribution in [1.82, 2.24) is 0 Å². The second kappa shape index (κ2) is 5.59. The molecule has 0 rings (SSSR count). The highest BCUT2D eigenvalue weighted by molar-refractivity contribution is 5.76. The van der Waals surface area contributed by atoms with Gasteiger partial charge in [0.2, 0.25) is 0 Å². The molecule has 0 aliphatic rings. The Balaban J connectivity index is 3.78. The summed E-state index contributed by atoms with van der Waals surface area (Å²) in [5.74, 6) is -0.208. The van der Waals surface area contributed by atoms with Crippen molar-refractivity contribution in [3.05, 3.63) is 36.2 Å². The largest absolute Gasteiger partial charge is 0.298 e. The summed E-state index contributed by atoms with van der Waals surface area (Å²) >= 11 is 0. The molecular formula is C9H11FO. The van der Waals surface area contributed by atoms with Crippen molar-refractivity contribution >= 4 is 6.29 Å². The number of allylic oxidation sites excluding steroid dienone is 5. The van der Waals surface area contributed by atoms with Crippen LogP contribution in [0.4, 0.5) is 4.39 Å². The van der Waals surface area contributed by atoms with Crippen LogP contribution in [0.25, 0.3) is 0 Å². The van der Waals surface area contributed by atoms with Gasteiger partial charge >= 0.3 is 0 Å². The lowest BCUT2D eigenvalue weighted by Crippen LogP contribution is -1.74. The fourth-order valence-corrected chi connectivity index (χ4v) is 0.480. The number of rotatable bonds is 4. The number of hydrogen-bond acceptors (Lipinski definition) is 1. The van der Waals surface area contributed by atoms with Crippen molar-refractivity contribution in [3.8, 4) is 0 Å². The third-order valence-corrected chi connectivity index (χ3v) is 1.11. The Morgan fingerprint density at radius 3 is 2.73 bits per heavy atom. The third-order valence-electron chi connectivity index (χ3n) is 1.11. The Morgan fingerprint density at radius 1 is 1.64 bits per heavy atom. The predicted molar refractivity (Wildman–Crippen MR) is 43.8 cm³/mol. The first-order valence-electron chi connectivity index (χ1n) is 3.32. The second-order valence-electron chi connectivity index (χ2n) is 2.03. The molecule has 0 aromatic heterocycles. The van der Waals surface area contributed by atoms with Gasteiger partial charge in [-0.05, 0) is 6.92 Å². The molecule has 0 aliphatic carbocycles. The van der Waals surface area contributed by atoms with Crippen molar-refractivity contribution in [2.75, 3.05) is 0 Å². The molecule has 2 heteroatoms. The second-order valence-corrected chi connectivity index (χ2v) is 2.03. The molecule has 0 saturated carbocycles. The molecule has 0 fully saturated rings. The van der Waals surface area contributed by atoms with Gasteiger partial charge in [0.15, 0.2) is 0 Å². The number of carbonyl (C=O) groups excluding carboxylic acids is 1. The zero-order valence-electron chi connectivity index (χ0n) is 6.51. The van der Waals surface area contributed by atoms with Crippen LogP contribution in [0.2, 0.25) is 0 Å². The van der Waals surface area contributed by atoms with Crippen LogP contribution < -0.4 is 0 Å². The van der Waals surface area contributed by atoms with Crippen LogP contribution in [0.3, 0.4) is 0 Å². The van der Waals surface area contributed by atoms with Crippen molar-refractivity contribution in [1.29, 1.82) is 0 Å². The minimum atomic E-state index is -0.208. The van der Waals surface area contributed by atoms with E-state index in [4.69, 9.17) is 0 Å². The van der Waals surface area contributed by atoms with Crippen LogP contribution in [0, 0.1) is 0 Å². The monoisotopic (exact) mass is 154 g/mol. The SMILES string of the molecule is C=C(C=O)C=CC/C(F)=C\C. The van der Waals surface area contributed by atoms with E-state index in [1.807, 2.05) is 0 Å². The summed E-state index contributed by atoms with van der Waals surface area (Å²) in [4.78, 5) is 9.99. The first-order chi connectivity index (χ1) is 5.20. The van der Waals surface area contributed by atoms with Gasteiger partial charge in [-0.25, -0.2) is 4.39 Å². The first-order valence-corrected chi connectivity index (χ1v) is 3.32. The quantitative estimate of drug-likeness (QED) is 0.345. The number of halogens is 1. The van der Waals surface area contributed by atoms with Crippen LogP contribution in [0.15, 0.2) is 36.2 Å². The number of hydrogen-bond donors (Lipinski definition) is 0. The summed E-state index contributed by atoms with van der Waals surface area (Å²) in [6, 6.07) is 0. The van der Waals surface area contributed by atoms with E-state index in [9.17, 15) is 9.18 Å². The van der Waals surface area contributed by atoms with E-state index in [1.165, 1.54) is 12.2 Å². The average Bonchev–Trinajstić information content (AvgIpc) is 2.04. The molecule has 0 unspecified atom stereocenters. The summed E-state index contributed by atoms with van der Waals surface area (Å²) in [5, 5.41) is 0. The molecule has 0 radical (unpaired) electrons. The standard InChI is InChI=1S/C9H11FO/c1-3-9(10)6-4-5-8(2)7-11/h3-5,7H,2,6H2,1H3/b5-4?,9-3+.